The standard InChI is InChI=1S/C11H9BrCl2N2/c1-6-3-4-7(2)16(6)11-10(14)9(13)8(12)5-15-11/h3-5H,1-2H3. The maximum Gasteiger partial charge on any atom is 0.157 e. The van der Waals surface area contributed by atoms with Crippen LogP contribution in [-0.2, 0) is 0 Å². The lowest BCUT2D eigenvalue weighted by atomic mass is 10.4. The van der Waals surface area contributed by atoms with E-state index in [4.69, 9.17) is 23.2 Å². The Morgan fingerprint density at radius 3 is 2.25 bits per heavy atom. The second-order valence-electron chi connectivity index (χ2n) is 3.51. The van der Waals surface area contributed by atoms with Gasteiger partial charge in [0.05, 0.1) is 9.50 Å². The fraction of sp³-hybridized carbons (Fsp3) is 0.182. The van der Waals surface area contributed by atoms with Crippen LogP contribution < -0.4 is 0 Å². The summed E-state index contributed by atoms with van der Waals surface area (Å²) in [6.45, 7) is 4.00. The number of rotatable bonds is 1. The van der Waals surface area contributed by atoms with Gasteiger partial charge < -0.3 is 4.57 Å². The Labute approximate surface area is 112 Å². The molecule has 16 heavy (non-hydrogen) atoms. The van der Waals surface area contributed by atoms with Gasteiger partial charge in [-0.2, -0.15) is 0 Å². The van der Waals surface area contributed by atoms with Crippen LogP contribution in [0.1, 0.15) is 11.4 Å². The SMILES string of the molecule is Cc1ccc(C)n1-c1ncc(Br)c(Cl)c1Cl. The Hall–Kier alpha value is -0.510. The van der Waals surface area contributed by atoms with Crippen LogP contribution in [0.15, 0.2) is 22.8 Å². The van der Waals surface area contributed by atoms with Gasteiger partial charge in [-0.05, 0) is 41.9 Å². The largest absolute Gasteiger partial charge is 0.302 e. The van der Waals surface area contributed by atoms with Crippen molar-refractivity contribution in [1.29, 1.82) is 0 Å². The van der Waals surface area contributed by atoms with Crippen LogP contribution in [0.2, 0.25) is 10.0 Å². The molecule has 0 bridgehead atoms. The lowest BCUT2D eigenvalue weighted by molar-refractivity contribution is 0.921. The van der Waals surface area contributed by atoms with Crippen molar-refractivity contribution in [3.63, 3.8) is 0 Å². The van der Waals surface area contributed by atoms with E-state index in [1.807, 2.05) is 30.5 Å². The highest BCUT2D eigenvalue weighted by molar-refractivity contribution is 9.10. The third-order valence-electron chi connectivity index (χ3n) is 2.38. The molecule has 0 unspecified atom stereocenters. The Morgan fingerprint density at radius 2 is 1.69 bits per heavy atom. The normalized spacial score (nSPS) is 10.8. The van der Waals surface area contributed by atoms with Gasteiger partial charge in [-0.3, -0.25) is 0 Å². The van der Waals surface area contributed by atoms with E-state index in [1.54, 1.807) is 6.20 Å². The van der Waals surface area contributed by atoms with Crippen LogP contribution in [0.4, 0.5) is 0 Å². The van der Waals surface area contributed by atoms with Crippen LogP contribution >= 0.6 is 39.1 Å². The summed E-state index contributed by atoms with van der Waals surface area (Å²) in [5, 5.41) is 0.942. The lowest BCUT2D eigenvalue weighted by Crippen LogP contribution is -2.02. The number of nitrogens with zero attached hydrogens (tertiary/aromatic N) is 2. The van der Waals surface area contributed by atoms with Crippen molar-refractivity contribution < 1.29 is 0 Å². The molecule has 0 radical (unpaired) electrons. The van der Waals surface area contributed by atoms with E-state index >= 15 is 0 Å². The van der Waals surface area contributed by atoms with Crippen LogP contribution in [0.5, 0.6) is 0 Å². The Balaban J connectivity index is 2.71. The summed E-state index contributed by atoms with van der Waals surface area (Å²) in [6, 6.07) is 4.03. The molecule has 0 saturated heterocycles. The molecule has 2 aromatic rings. The molecular weight excluding hydrogens is 311 g/mol. The number of pyridine rings is 1. The van der Waals surface area contributed by atoms with Gasteiger partial charge in [0.1, 0.15) is 5.02 Å². The highest BCUT2D eigenvalue weighted by Crippen LogP contribution is 2.34. The van der Waals surface area contributed by atoms with Crippen LogP contribution in [0, 0.1) is 13.8 Å². The van der Waals surface area contributed by atoms with Crippen LogP contribution in [0.3, 0.4) is 0 Å². The van der Waals surface area contributed by atoms with Crippen molar-refractivity contribution in [2.45, 2.75) is 13.8 Å². The number of hydrogen-bond acceptors (Lipinski definition) is 1. The summed E-state index contributed by atoms with van der Waals surface area (Å²) in [5.74, 6) is 0.662. The minimum atomic E-state index is 0.457. The molecule has 2 heterocycles. The number of aryl methyl sites for hydroxylation is 2. The molecule has 0 amide bonds. The third-order valence-corrected chi connectivity index (χ3v) is 4.06. The fourth-order valence-corrected chi connectivity index (χ4v) is 2.38. The van der Waals surface area contributed by atoms with Crippen LogP contribution in [-0.4, -0.2) is 9.55 Å². The van der Waals surface area contributed by atoms with E-state index in [9.17, 15) is 0 Å². The molecule has 84 valence electrons. The van der Waals surface area contributed by atoms with Crippen molar-refractivity contribution in [3.05, 3.63) is 44.2 Å². The minimum Gasteiger partial charge on any atom is -0.302 e. The summed E-state index contributed by atoms with van der Waals surface area (Å²) >= 11 is 15.6. The van der Waals surface area contributed by atoms with Crippen molar-refractivity contribution >= 4 is 39.1 Å². The molecule has 2 aromatic heterocycles. The number of halogens is 3. The first-order valence-electron chi connectivity index (χ1n) is 4.67. The maximum atomic E-state index is 6.19. The maximum absolute atomic E-state index is 6.19. The smallest absolute Gasteiger partial charge is 0.157 e. The summed E-state index contributed by atoms with van der Waals surface area (Å²) < 4.78 is 2.67. The van der Waals surface area contributed by atoms with Crippen molar-refractivity contribution in [2.24, 2.45) is 0 Å². The van der Waals surface area contributed by atoms with Gasteiger partial charge in [-0.25, -0.2) is 4.98 Å². The van der Waals surface area contributed by atoms with Crippen LogP contribution in [0.25, 0.3) is 5.82 Å². The molecule has 0 aliphatic rings. The first-order chi connectivity index (χ1) is 7.52. The molecule has 2 nitrogen and oxygen atoms in total. The van der Waals surface area contributed by atoms with Gasteiger partial charge >= 0.3 is 0 Å². The average Bonchev–Trinajstić information content (AvgIpc) is 2.57. The van der Waals surface area contributed by atoms with E-state index in [-0.39, 0.29) is 0 Å². The van der Waals surface area contributed by atoms with E-state index in [0.717, 1.165) is 11.4 Å². The monoisotopic (exact) mass is 318 g/mol. The molecule has 0 aromatic carbocycles. The number of hydrogen-bond donors (Lipinski definition) is 0. The fourth-order valence-electron chi connectivity index (χ4n) is 1.59. The quantitative estimate of drug-likeness (QED) is 0.753. The predicted molar refractivity (Wildman–Crippen MR) is 70.8 cm³/mol. The van der Waals surface area contributed by atoms with Crippen molar-refractivity contribution in [1.82, 2.24) is 9.55 Å². The molecule has 0 aliphatic heterocycles. The minimum absolute atomic E-state index is 0.457. The molecule has 0 N–H and O–H groups in total. The van der Waals surface area contributed by atoms with Gasteiger partial charge in [0, 0.05) is 17.6 Å². The summed E-state index contributed by atoms with van der Waals surface area (Å²) in [4.78, 5) is 4.30. The molecule has 0 atom stereocenters. The topological polar surface area (TPSA) is 17.8 Å². The highest BCUT2D eigenvalue weighted by atomic mass is 79.9. The van der Waals surface area contributed by atoms with Gasteiger partial charge in [-0.15, -0.1) is 0 Å². The van der Waals surface area contributed by atoms with Gasteiger partial charge in [-0.1, -0.05) is 23.2 Å². The van der Waals surface area contributed by atoms with E-state index in [2.05, 4.69) is 20.9 Å². The molecule has 0 aliphatic carbocycles. The second kappa shape index (κ2) is 4.40. The Morgan fingerprint density at radius 1 is 1.12 bits per heavy atom. The van der Waals surface area contributed by atoms with E-state index < -0.39 is 0 Å². The predicted octanol–water partition coefficient (Wildman–Crippen LogP) is 4.56. The zero-order chi connectivity index (χ0) is 11.9. The number of aromatic nitrogens is 2. The van der Waals surface area contributed by atoms with E-state index in [1.165, 1.54) is 0 Å². The zero-order valence-electron chi connectivity index (χ0n) is 8.76. The average molecular weight is 320 g/mol. The first kappa shape index (κ1) is 12.0. The molecule has 2 rings (SSSR count). The first-order valence-corrected chi connectivity index (χ1v) is 6.22. The third kappa shape index (κ3) is 1.88. The van der Waals surface area contributed by atoms with Gasteiger partial charge in [0.15, 0.2) is 5.82 Å². The van der Waals surface area contributed by atoms with Gasteiger partial charge in [0.2, 0.25) is 0 Å². The van der Waals surface area contributed by atoms with E-state index in [0.29, 0.717) is 20.3 Å². The summed E-state index contributed by atoms with van der Waals surface area (Å²) in [6.07, 6.45) is 1.66. The Kier molecular flexibility index (Phi) is 3.29. The van der Waals surface area contributed by atoms with Gasteiger partial charge in [0.25, 0.3) is 0 Å². The molecule has 0 saturated carbocycles. The van der Waals surface area contributed by atoms with Crippen molar-refractivity contribution in [3.8, 4) is 5.82 Å². The molecule has 5 heteroatoms. The molecule has 0 fully saturated rings. The highest BCUT2D eigenvalue weighted by Gasteiger charge is 2.14. The zero-order valence-corrected chi connectivity index (χ0v) is 11.9. The molecule has 0 spiro atoms. The Bertz CT molecular complexity index is 530. The lowest BCUT2D eigenvalue weighted by Gasteiger charge is -2.11. The second-order valence-corrected chi connectivity index (χ2v) is 5.12. The van der Waals surface area contributed by atoms with Crippen molar-refractivity contribution in [2.75, 3.05) is 0 Å². The summed E-state index contributed by atoms with van der Waals surface area (Å²) in [7, 11) is 0. The molecular formula is C11H9BrCl2N2. The summed E-state index contributed by atoms with van der Waals surface area (Å²) in [5.41, 5.74) is 2.15.